The topological polar surface area (TPSA) is 54.5 Å². The first-order valence-electron chi connectivity index (χ1n) is 9.45. The number of ether oxygens (including phenoxy) is 1. The molecular formula is C23H25N3O2. The molecule has 0 saturated heterocycles. The molecule has 144 valence electrons. The molecule has 1 aromatic heterocycles. The van der Waals surface area contributed by atoms with E-state index in [1.54, 1.807) is 23.2 Å². The van der Waals surface area contributed by atoms with E-state index >= 15 is 0 Å². The van der Waals surface area contributed by atoms with Crippen molar-refractivity contribution in [2.75, 3.05) is 23.4 Å². The normalized spacial score (nSPS) is 10.4. The average molecular weight is 375 g/mol. The van der Waals surface area contributed by atoms with Gasteiger partial charge >= 0.3 is 0 Å². The van der Waals surface area contributed by atoms with Crippen molar-refractivity contribution in [1.29, 1.82) is 0 Å². The Balaban J connectivity index is 1.85. The summed E-state index contributed by atoms with van der Waals surface area (Å²) < 4.78 is 5.65. The van der Waals surface area contributed by atoms with Crippen molar-refractivity contribution in [3.8, 4) is 5.75 Å². The molecule has 28 heavy (non-hydrogen) atoms. The number of hydrogen-bond donors (Lipinski definition) is 1. The van der Waals surface area contributed by atoms with Crippen LogP contribution in [-0.4, -0.2) is 24.0 Å². The van der Waals surface area contributed by atoms with Gasteiger partial charge in [-0.3, -0.25) is 4.79 Å². The number of carbonyl (C=O) groups is 1. The second-order valence-corrected chi connectivity index (χ2v) is 6.37. The van der Waals surface area contributed by atoms with Crippen molar-refractivity contribution in [2.45, 2.75) is 20.8 Å². The third-order valence-electron chi connectivity index (χ3n) is 4.33. The highest BCUT2D eigenvalue weighted by Gasteiger charge is 2.17. The smallest absolute Gasteiger partial charge is 0.258 e. The molecular weight excluding hydrogens is 350 g/mol. The van der Waals surface area contributed by atoms with E-state index in [1.165, 1.54) is 0 Å². The van der Waals surface area contributed by atoms with Gasteiger partial charge in [-0.25, -0.2) is 4.98 Å². The molecule has 0 spiro atoms. The molecule has 0 atom stereocenters. The number of hydrogen-bond acceptors (Lipinski definition) is 4. The van der Waals surface area contributed by atoms with Crippen molar-refractivity contribution in [3.05, 3.63) is 78.0 Å². The number of carbonyl (C=O) groups excluding carboxylic acids is 1. The Morgan fingerprint density at radius 1 is 1.07 bits per heavy atom. The average Bonchev–Trinajstić information content (AvgIpc) is 2.70. The minimum atomic E-state index is -0.0587. The second kappa shape index (κ2) is 9.04. The summed E-state index contributed by atoms with van der Waals surface area (Å²) in [5.74, 6) is 1.29. The third-order valence-corrected chi connectivity index (χ3v) is 4.33. The van der Waals surface area contributed by atoms with Gasteiger partial charge in [0, 0.05) is 24.0 Å². The molecule has 0 fully saturated rings. The zero-order valence-electron chi connectivity index (χ0n) is 16.5. The summed E-state index contributed by atoms with van der Waals surface area (Å²) in [4.78, 5) is 19.2. The maximum Gasteiger partial charge on any atom is 0.258 e. The fourth-order valence-electron chi connectivity index (χ4n) is 3.02. The lowest BCUT2D eigenvalue weighted by Crippen LogP contribution is -2.30. The summed E-state index contributed by atoms with van der Waals surface area (Å²) in [6.07, 6.45) is 1.64. The monoisotopic (exact) mass is 375 g/mol. The molecule has 0 aliphatic heterocycles. The van der Waals surface area contributed by atoms with Gasteiger partial charge < -0.3 is 15.0 Å². The number of rotatable bonds is 7. The van der Waals surface area contributed by atoms with E-state index in [4.69, 9.17) is 4.74 Å². The zero-order valence-corrected chi connectivity index (χ0v) is 16.5. The van der Waals surface area contributed by atoms with E-state index in [0.29, 0.717) is 24.5 Å². The van der Waals surface area contributed by atoms with Gasteiger partial charge in [0.1, 0.15) is 11.6 Å². The first-order chi connectivity index (χ1) is 13.6. The fourth-order valence-corrected chi connectivity index (χ4v) is 3.02. The highest BCUT2D eigenvalue weighted by atomic mass is 16.5. The minimum absolute atomic E-state index is 0.0587. The predicted molar refractivity (Wildman–Crippen MR) is 114 cm³/mol. The van der Waals surface area contributed by atoms with Crippen LogP contribution in [0.25, 0.3) is 0 Å². The van der Waals surface area contributed by atoms with Gasteiger partial charge in [-0.2, -0.15) is 0 Å². The second-order valence-electron chi connectivity index (χ2n) is 6.37. The lowest BCUT2D eigenvalue weighted by molar-refractivity contribution is 0.0988. The quantitative estimate of drug-likeness (QED) is 0.617. The van der Waals surface area contributed by atoms with Crippen molar-refractivity contribution < 1.29 is 9.53 Å². The highest BCUT2D eigenvalue weighted by molar-refractivity contribution is 6.06. The van der Waals surface area contributed by atoms with E-state index < -0.39 is 0 Å². The lowest BCUT2D eigenvalue weighted by atomic mass is 10.1. The van der Waals surface area contributed by atoms with Crippen LogP contribution in [0.5, 0.6) is 5.75 Å². The van der Waals surface area contributed by atoms with E-state index in [-0.39, 0.29) is 5.91 Å². The van der Waals surface area contributed by atoms with E-state index in [1.807, 2.05) is 69.3 Å². The van der Waals surface area contributed by atoms with E-state index in [2.05, 4.69) is 10.3 Å². The third kappa shape index (κ3) is 4.49. The van der Waals surface area contributed by atoms with Crippen LogP contribution in [0, 0.1) is 6.92 Å². The first-order valence-corrected chi connectivity index (χ1v) is 9.45. The van der Waals surface area contributed by atoms with Crippen molar-refractivity contribution in [3.63, 3.8) is 0 Å². The fraction of sp³-hybridized carbons (Fsp3) is 0.217. The Hall–Kier alpha value is -3.34. The van der Waals surface area contributed by atoms with Crippen molar-refractivity contribution >= 4 is 23.1 Å². The lowest BCUT2D eigenvalue weighted by Gasteiger charge is -2.22. The zero-order chi connectivity index (χ0) is 19.9. The molecule has 0 radical (unpaired) electrons. The van der Waals surface area contributed by atoms with Gasteiger partial charge in [0.2, 0.25) is 0 Å². The van der Waals surface area contributed by atoms with Gasteiger partial charge in [0.15, 0.2) is 0 Å². The van der Waals surface area contributed by atoms with Gasteiger partial charge in [0.25, 0.3) is 5.91 Å². The number of anilines is 3. The van der Waals surface area contributed by atoms with Gasteiger partial charge in [-0.1, -0.05) is 24.3 Å². The number of para-hydroxylation sites is 2. The number of nitrogens with one attached hydrogen (secondary N) is 1. The standard InChI is InChI=1S/C23H25N3O2/c1-4-26(19-10-8-9-17(3)15-19)23(27)18-13-14-24-22(16-18)25-20-11-6-7-12-21(20)28-5-2/h6-16H,4-5H2,1-3H3,(H,24,25). The van der Waals surface area contributed by atoms with Crippen molar-refractivity contribution in [2.24, 2.45) is 0 Å². The van der Waals surface area contributed by atoms with Gasteiger partial charge in [-0.15, -0.1) is 0 Å². The summed E-state index contributed by atoms with van der Waals surface area (Å²) in [5, 5.41) is 3.25. The molecule has 0 bridgehead atoms. The number of aryl methyl sites for hydroxylation is 1. The van der Waals surface area contributed by atoms with Crippen LogP contribution in [-0.2, 0) is 0 Å². The number of pyridine rings is 1. The predicted octanol–water partition coefficient (Wildman–Crippen LogP) is 5.20. The summed E-state index contributed by atoms with van der Waals surface area (Å²) >= 11 is 0. The summed E-state index contributed by atoms with van der Waals surface area (Å²) in [6, 6.07) is 19.1. The Labute approximate surface area is 166 Å². The molecule has 1 N–H and O–H groups in total. The molecule has 1 amide bonds. The van der Waals surface area contributed by atoms with Crippen LogP contribution in [0.1, 0.15) is 29.8 Å². The SMILES string of the molecule is CCOc1ccccc1Nc1cc(C(=O)N(CC)c2cccc(C)c2)ccn1. The maximum absolute atomic E-state index is 13.1. The molecule has 0 aliphatic carbocycles. The summed E-state index contributed by atoms with van der Waals surface area (Å²) in [6.45, 7) is 7.09. The Morgan fingerprint density at radius 3 is 2.64 bits per heavy atom. The molecule has 5 nitrogen and oxygen atoms in total. The van der Waals surface area contributed by atoms with E-state index in [9.17, 15) is 4.79 Å². The first kappa shape index (κ1) is 19.4. The molecule has 0 aliphatic rings. The summed E-state index contributed by atoms with van der Waals surface area (Å²) in [5.41, 5.74) is 3.40. The molecule has 3 aromatic rings. The molecule has 2 aromatic carbocycles. The number of nitrogens with zero attached hydrogens (tertiary/aromatic N) is 2. The van der Waals surface area contributed by atoms with Crippen LogP contribution >= 0.6 is 0 Å². The van der Waals surface area contributed by atoms with Crippen LogP contribution in [0.3, 0.4) is 0 Å². The van der Waals surface area contributed by atoms with Gasteiger partial charge in [0.05, 0.1) is 12.3 Å². The van der Waals surface area contributed by atoms with Crippen LogP contribution in [0.15, 0.2) is 66.9 Å². The molecule has 0 saturated carbocycles. The summed E-state index contributed by atoms with van der Waals surface area (Å²) in [7, 11) is 0. The largest absolute Gasteiger partial charge is 0.492 e. The molecule has 3 rings (SSSR count). The molecule has 5 heteroatoms. The number of benzene rings is 2. The van der Waals surface area contributed by atoms with Crippen LogP contribution < -0.4 is 15.0 Å². The van der Waals surface area contributed by atoms with E-state index in [0.717, 1.165) is 22.7 Å². The van der Waals surface area contributed by atoms with Gasteiger partial charge in [-0.05, 0) is 62.7 Å². The molecule has 1 heterocycles. The number of aromatic nitrogens is 1. The van der Waals surface area contributed by atoms with Crippen LogP contribution in [0.4, 0.5) is 17.2 Å². The van der Waals surface area contributed by atoms with Crippen LogP contribution in [0.2, 0.25) is 0 Å². The Bertz CT molecular complexity index is 956. The number of amides is 1. The Kier molecular flexibility index (Phi) is 6.27. The Morgan fingerprint density at radius 2 is 1.89 bits per heavy atom. The highest BCUT2D eigenvalue weighted by Crippen LogP contribution is 2.27. The van der Waals surface area contributed by atoms with Crippen molar-refractivity contribution in [1.82, 2.24) is 4.98 Å². The minimum Gasteiger partial charge on any atom is -0.492 e. The molecule has 0 unspecified atom stereocenters. The maximum atomic E-state index is 13.1.